The van der Waals surface area contributed by atoms with Crippen LogP contribution in [0.15, 0.2) is 30.3 Å². The summed E-state index contributed by atoms with van der Waals surface area (Å²) in [5.74, 6) is 0.189. The molecule has 0 saturated carbocycles. The highest BCUT2D eigenvalue weighted by molar-refractivity contribution is 7.49. The smallest absolute Gasteiger partial charge is 0.404 e. The van der Waals surface area contributed by atoms with Crippen LogP contribution in [0.3, 0.4) is 0 Å². The second-order valence-electron chi connectivity index (χ2n) is 7.79. The fraction of sp³-hybridized carbons (Fsp3) is 0.667. The third-order valence-electron chi connectivity index (χ3n) is 5.41. The van der Waals surface area contributed by atoms with Crippen molar-refractivity contribution in [2.75, 3.05) is 13.2 Å². The molecular formula is C18H26O12P2. The van der Waals surface area contributed by atoms with Crippen LogP contribution in [0.1, 0.15) is 13.8 Å². The number of phosphoric acid groups is 2. The van der Waals surface area contributed by atoms with E-state index < -0.39 is 77.7 Å². The van der Waals surface area contributed by atoms with E-state index in [4.69, 9.17) is 32.1 Å². The van der Waals surface area contributed by atoms with Crippen LogP contribution in [-0.2, 0) is 36.7 Å². The SMILES string of the molecule is CC1OC2COP(=O)(Oc3ccccc3)OC3C(C)OC(COP(=O)(O)OC2C1O)C3O. The molecule has 1 aromatic rings. The molecule has 32 heavy (non-hydrogen) atoms. The van der Waals surface area contributed by atoms with Crippen molar-refractivity contribution in [3.8, 4) is 5.75 Å². The maximum absolute atomic E-state index is 13.6. The minimum atomic E-state index is -4.68. The summed E-state index contributed by atoms with van der Waals surface area (Å²) in [6.45, 7) is 2.11. The lowest BCUT2D eigenvalue weighted by atomic mass is 10.1. The molecule has 1 aromatic carbocycles. The van der Waals surface area contributed by atoms with Crippen LogP contribution in [0, 0.1) is 0 Å². The zero-order chi connectivity index (χ0) is 23.1. The van der Waals surface area contributed by atoms with Crippen LogP contribution in [0.25, 0.3) is 0 Å². The molecule has 0 spiro atoms. The zero-order valence-corrected chi connectivity index (χ0v) is 19.1. The Kier molecular flexibility index (Phi) is 7.13. The monoisotopic (exact) mass is 496 g/mol. The maximum atomic E-state index is 13.6. The summed E-state index contributed by atoms with van der Waals surface area (Å²) in [4.78, 5) is 10.1. The van der Waals surface area contributed by atoms with Crippen molar-refractivity contribution in [2.45, 2.75) is 62.7 Å². The normalized spacial score (nSPS) is 47.7. The third-order valence-corrected chi connectivity index (χ3v) is 7.79. The van der Waals surface area contributed by atoms with Crippen LogP contribution >= 0.6 is 15.6 Å². The summed E-state index contributed by atoms with van der Waals surface area (Å²) >= 11 is 0. The van der Waals surface area contributed by atoms with Crippen LogP contribution in [0.4, 0.5) is 0 Å². The van der Waals surface area contributed by atoms with Crippen molar-refractivity contribution in [1.82, 2.24) is 0 Å². The minimum absolute atomic E-state index is 0.189. The van der Waals surface area contributed by atoms with Crippen molar-refractivity contribution in [3.05, 3.63) is 30.3 Å². The van der Waals surface area contributed by atoms with Crippen LogP contribution in [0.2, 0.25) is 0 Å². The van der Waals surface area contributed by atoms with Gasteiger partial charge in [-0.25, -0.2) is 9.13 Å². The topological polar surface area (TPSA) is 159 Å². The Hall–Kier alpha value is -0.880. The predicted molar refractivity (Wildman–Crippen MR) is 107 cm³/mol. The van der Waals surface area contributed by atoms with Crippen molar-refractivity contribution in [1.29, 1.82) is 0 Å². The summed E-state index contributed by atoms with van der Waals surface area (Å²) in [6, 6.07) is 8.14. The number of fused-ring (bicyclic) bond motifs is 3. The maximum Gasteiger partial charge on any atom is 0.530 e. The van der Waals surface area contributed by atoms with Gasteiger partial charge in [-0.1, -0.05) is 18.2 Å². The molecule has 0 amide bonds. The molecular weight excluding hydrogens is 470 g/mol. The summed E-state index contributed by atoms with van der Waals surface area (Å²) in [5.41, 5.74) is 0. The van der Waals surface area contributed by atoms with Gasteiger partial charge in [0.2, 0.25) is 0 Å². The van der Waals surface area contributed by atoms with E-state index in [1.54, 1.807) is 37.3 Å². The van der Waals surface area contributed by atoms with Gasteiger partial charge in [0.1, 0.15) is 42.4 Å². The lowest BCUT2D eigenvalue weighted by Gasteiger charge is -2.26. The molecule has 3 N–H and O–H groups in total. The second kappa shape index (κ2) is 9.40. The zero-order valence-electron chi connectivity index (χ0n) is 17.3. The fourth-order valence-corrected chi connectivity index (χ4v) is 6.17. The summed E-state index contributed by atoms with van der Waals surface area (Å²) < 4.78 is 63.8. The fourth-order valence-electron chi connectivity index (χ4n) is 3.75. The Balaban J connectivity index is 1.64. The van der Waals surface area contributed by atoms with E-state index in [1.807, 2.05) is 0 Å². The highest BCUT2D eigenvalue weighted by atomic mass is 31.2. The average molecular weight is 496 g/mol. The number of phosphoric ester groups is 2. The highest BCUT2D eigenvalue weighted by Gasteiger charge is 2.52. The van der Waals surface area contributed by atoms with Gasteiger partial charge in [-0.15, -0.1) is 0 Å². The molecule has 3 aliphatic rings. The van der Waals surface area contributed by atoms with Gasteiger partial charge in [0.15, 0.2) is 0 Å². The molecule has 10 unspecified atom stereocenters. The number of ether oxygens (including phenoxy) is 2. The van der Waals surface area contributed by atoms with Crippen molar-refractivity contribution < 1.29 is 56.3 Å². The lowest BCUT2D eigenvalue weighted by molar-refractivity contribution is -0.0393. The third kappa shape index (κ3) is 5.27. The molecule has 0 aromatic heterocycles. The first-order chi connectivity index (χ1) is 15.1. The van der Waals surface area contributed by atoms with E-state index in [9.17, 15) is 24.2 Å². The first-order valence-electron chi connectivity index (χ1n) is 10.1. The highest BCUT2D eigenvalue weighted by Crippen LogP contribution is 2.54. The number of rotatable bonds is 2. The molecule has 180 valence electrons. The largest absolute Gasteiger partial charge is 0.530 e. The van der Waals surface area contributed by atoms with E-state index in [0.717, 1.165) is 0 Å². The second-order valence-corrected chi connectivity index (χ2v) is 10.7. The number of hydrogen-bond donors (Lipinski definition) is 3. The van der Waals surface area contributed by atoms with Gasteiger partial charge in [-0.3, -0.25) is 18.1 Å². The van der Waals surface area contributed by atoms with Crippen LogP contribution in [-0.4, -0.2) is 77.2 Å². The molecule has 4 rings (SSSR count). The van der Waals surface area contributed by atoms with E-state index >= 15 is 0 Å². The number of para-hydroxylation sites is 1. The number of aliphatic hydroxyl groups excluding tert-OH is 2. The van der Waals surface area contributed by atoms with E-state index in [1.165, 1.54) is 6.92 Å². The molecule has 12 nitrogen and oxygen atoms in total. The Bertz CT molecular complexity index is 884. The molecule has 2 bridgehead atoms. The van der Waals surface area contributed by atoms with E-state index in [0.29, 0.717) is 0 Å². The molecule has 14 heteroatoms. The lowest BCUT2D eigenvalue weighted by Crippen LogP contribution is -2.36. The minimum Gasteiger partial charge on any atom is -0.404 e. The van der Waals surface area contributed by atoms with Crippen molar-refractivity contribution in [2.24, 2.45) is 0 Å². The van der Waals surface area contributed by atoms with E-state index in [2.05, 4.69) is 0 Å². The number of hydrogen-bond acceptors (Lipinski definition) is 11. The van der Waals surface area contributed by atoms with Crippen molar-refractivity contribution in [3.63, 3.8) is 0 Å². The molecule has 10 atom stereocenters. The Morgan fingerprint density at radius 1 is 0.875 bits per heavy atom. The summed E-state index contributed by atoms with van der Waals surface area (Å²) in [6.07, 6.45) is -8.83. The average Bonchev–Trinajstić information content (AvgIpc) is 3.15. The molecule has 0 radical (unpaired) electrons. The summed E-state index contributed by atoms with van der Waals surface area (Å²) in [5, 5.41) is 20.9. The van der Waals surface area contributed by atoms with Gasteiger partial charge in [-0.2, -0.15) is 0 Å². The molecule has 3 fully saturated rings. The molecule has 3 heterocycles. The van der Waals surface area contributed by atoms with Crippen LogP contribution in [0.5, 0.6) is 5.75 Å². The number of aliphatic hydroxyl groups is 2. The quantitative estimate of drug-likeness (QED) is 0.506. The summed E-state index contributed by atoms with van der Waals surface area (Å²) in [7, 11) is -9.05. The van der Waals surface area contributed by atoms with Gasteiger partial charge in [0.25, 0.3) is 0 Å². The Labute approximate surface area is 184 Å². The predicted octanol–water partition coefficient (Wildman–Crippen LogP) is 1.39. The van der Waals surface area contributed by atoms with Gasteiger partial charge in [-0.05, 0) is 26.0 Å². The number of benzene rings is 1. The van der Waals surface area contributed by atoms with Gasteiger partial charge >= 0.3 is 15.6 Å². The van der Waals surface area contributed by atoms with Gasteiger partial charge in [0, 0.05) is 0 Å². The van der Waals surface area contributed by atoms with E-state index in [-0.39, 0.29) is 5.75 Å². The Morgan fingerprint density at radius 2 is 1.53 bits per heavy atom. The van der Waals surface area contributed by atoms with Gasteiger partial charge < -0.3 is 29.1 Å². The first kappa shape index (κ1) is 24.3. The van der Waals surface area contributed by atoms with Crippen LogP contribution < -0.4 is 4.52 Å². The standard InChI is InChI=1S/C18H26O12P2/c1-10-15(19)18-14(26-10)9-25-32(23,28-12-6-4-3-5-7-12)30-17-11(2)27-13(16(17)20)8-24-31(21,22)29-18/h3-7,10-11,13-20H,8-9H2,1-2H3,(H,21,22). The molecule has 0 aliphatic carbocycles. The van der Waals surface area contributed by atoms with Crippen molar-refractivity contribution >= 4 is 15.6 Å². The molecule has 3 aliphatic heterocycles. The van der Waals surface area contributed by atoms with Gasteiger partial charge in [0.05, 0.1) is 25.4 Å². The Morgan fingerprint density at radius 3 is 2.25 bits per heavy atom. The first-order valence-corrected chi connectivity index (χ1v) is 13.0. The molecule has 3 saturated heterocycles.